The molecule has 1 heterocycles. The van der Waals surface area contributed by atoms with Gasteiger partial charge in [0.1, 0.15) is 0 Å². The summed E-state index contributed by atoms with van der Waals surface area (Å²) >= 11 is 0. The minimum atomic E-state index is 0. The third-order valence-electron chi connectivity index (χ3n) is 3.42. The summed E-state index contributed by atoms with van der Waals surface area (Å²) in [4.78, 5) is 14.1. The highest BCUT2D eigenvalue weighted by atomic mass is 35.5. The van der Waals surface area contributed by atoms with Gasteiger partial charge in [-0.2, -0.15) is 0 Å². The summed E-state index contributed by atoms with van der Waals surface area (Å²) in [7, 11) is 0. The van der Waals surface area contributed by atoms with Gasteiger partial charge in [0.25, 0.3) is 0 Å². The molecule has 0 bridgehead atoms. The summed E-state index contributed by atoms with van der Waals surface area (Å²) in [6.07, 6.45) is 2.06. The van der Waals surface area contributed by atoms with Crippen molar-refractivity contribution in [2.75, 3.05) is 30.3 Å². The second-order valence-corrected chi connectivity index (χ2v) is 5.57. The van der Waals surface area contributed by atoms with Gasteiger partial charge in [-0.25, -0.2) is 0 Å². The molecule has 1 aliphatic heterocycles. The van der Waals surface area contributed by atoms with Crippen LogP contribution in [-0.4, -0.2) is 25.5 Å². The molecule has 0 saturated heterocycles. The fraction of sp³-hybridized carbons (Fsp3) is 0.533. The topological polar surface area (TPSA) is 58.4 Å². The van der Waals surface area contributed by atoms with Crippen molar-refractivity contribution in [1.29, 1.82) is 0 Å². The number of nitrogens with two attached hydrogens (primary N) is 1. The molecule has 2 rings (SSSR count). The highest BCUT2D eigenvalue weighted by molar-refractivity contribution is 5.85. The first-order valence-corrected chi connectivity index (χ1v) is 6.97. The number of halogens is 1. The van der Waals surface area contributed by atoms with Crippen molar-refractivity contribution in [3.05, 3.63) is 23.8 Å². The largest absolute Gasteiger partial charge is 0.398 e. The maximum Gasteiger partial charge on any atom is 0.239 e. The van der Waals surface area contributed by atoms with Gasteiger partial charge >= 0.3 is 0 Å². The lowest BCUT2D eigenvalue weighted by Gasteiger charge is -2.31. The lowest BCUT2D eigenvalue weighted by Crippen LogP contribution is -2.40. The maximum absolute atomic E-state index is 11.9. The van der Waals surface area contributed by atoms with Crippen LogP contribution in [-0.2, 0) is 11.2 Å². The normalized spacial score (nSPS) is 13.7. The van der Waals surface area contributed by atoms with Gasteiger partial charge < -0.3 is 16.0 Å². The lowest BCUT2D eigenvalue weighted by atomic mass is 10.00. The van der Waals surface area contributed by atoms with Crippen LogP contribution in [0.5, 0.6) is 0 Å². The Bertz CT molecular complexity index is 462. The van der Waals surface area contributed by atoms with Crippen LogP contribution in [0.25, 0.3) is 0 Å². The Kier molecular flexibility index (Phi) is 6.14. The summed E-state index contributed by atoms with van der Waals surface area (Å²) < 4.78 is 0. The van der Waals surface area contributed by atoms with E-state index in [1.165, 1.54) is 5.56 Å². The predicted octanol–water partition coefficient (Wildman–Crippen LogP) is 2.22. The lowest BCUT2D eigenvalue weighted by molar-refractivity contribution is -0.119. The van der Waals surface area contributed by atoms with Crippen molar-refractivity contribution in [1.82, 2.24) is 5.32 Å². The Balaban J connectivity index is 0.00000200. The molecule has 4 nitrogen and oxygen atoms in total. The highest BCUT2D eigenvalue weighted by Gasteiger charge is 2.20. The Labute approximate surface area is 127 Å². The third kappa shape index (κ3) is 4.04. The highest BCUT2D eigenvalue weighted by Crippen LogP contribution is 2.30. The number of nitrogen functional groups attached to an aromatic ring is 1. The number of amides is 1. The number of nitrogens with zero attached hydrogens (tertiary/aromatic N) is 1. The van der Waals surface area contributed by atoms with Crippen LogP contribution >= 0.6 is 12.4 Å². The van der Waals surface area contributed by atoms with Crippen LogP contribution in [0, 0.1) is 5.92 Å². The number of nitrogens with one attached hydrogen (secondary N) is 1. The molecular weight excluding hydrogens is 274 g/mol. The van der Waals surface area contributed by atoms with Crippen molar-refractivity contribution in [3.8, 4) is 0 Å². The summed E-state index contributed by atoms with van der Waals surface area (Å²) in [6.45, 7) is 6.26. The minimum absolute atomic E-state index is 0. The van der Waals surface area contributed by atoms with Crippen LogP contribution in [0.15, 0.2) is 18.2 Å². The van der Waals surface area contributed by atoms with E-state index in [1.807, 2.05) is 12.1 Å². The Morgan fingerprint density at radius 3 is 2.90 bits per heavy atom. The number of hydrogen-bond donors (Lipinski definition) is 2. The Morgan fingerprint density at radius 1 is 1.45 bits per heavy atom. The molecule has 0 saturated carbocycles. The van der Waals surface area contributed by atoms with Crippen molar-refractivity contribution < 1.29 is 4.79 Å². The number of rotatable bonds is 4. The molecule has 1 aromatic rings. The number of anilines is 2. The smallest absolute Gasteiger partial charge is 0.239 e. The molecule has 0 aromatic heterocycles. The number of benzene rings is 1. The maximum atomic E-state index is 11.9. The van der Waals surface area contributed by atoms with E-state index in [2.05, 4.69) is 30.1 Å². The van der Waals surface area contributed by atoms with Gasteiger partial charge in [-0.05, 0) is 36.5 Å². The van der Waals surface area contributed by atoms with E-state index in [1.54, 1.807) is 0 Å². The van der Waals surface area contributed by atoms with Crippen LogP contribution < -0.4 is 16.0 Å². The van der Waals surface area contributed by atoms with Gasteiger partial charge in [-0.1, -0.05) is 19.9 Å². The molecule has 5 heteroatoms. The molecule has 20 heavy (non-hydrogen) atoms. The van der Waals surface area contributed by atoms with Gasteiger partial charge in [0.05, 0.1) is 6.54 Å². The molecule has 1 aliphatic rings. The summed E-state index contributed by atoms with van der Waals surface area (Å²) in [5, 5.41) is 2.96. The zero-order chi connectivity index (χ0) is 13.8. The Hall–Kier alpha value is -1.42. The van der Waals surface area contributed by atoms with Crippen LogP contribution in [0.1, 0.15) is 25.8 Å². The SMILES string of the molecule is CC(C)CNC(=O)CN1CCCc2c(N)cccc21.Cl. The van der Waals surface area contributed by atoms with E-state index in [4.69, 9.17) is 5.73 Å². The summed E-state index contributed by atoms with van der Waals surface area (Å²) in [6, 6.07) is 5.94. The molecule has 112 valence electrons. The van der Waals surface area contributed by atoms with Gasteiger partial charge in [0.2, 0.25) is 5.91 Å². The quantitative estimate of drug-likeness (QED) is 0.838. The third-order valence-corrected chi connectivity index (χ3v) is 3.42. The molecule has 0 radical (unpaired) electrons. The van der Waals surface area contributed by atoms with E-state index in [0.29, 0.717) is 12.5 Å². The van der Waals surface area contributed by atoms with Crippen molar-refractivity contribution in [2.45, 2.75) is 26.7 Å². The zero-order valence-corrected chi connectivity index (χ0v) is 13.0. The molecule has 0 spiro atoms. The van der Waals surface area contributed by atoms with Crippen LogP contribution in [0.4, 0.5) is 11.4 Å². The first kappa shape index (κ1) is 16.6. The predicted molar refractivity (Wildman–Crippen MR) is 86.5 cm³/mol. The van der Waals surface area contributed by atoms with Crippen LogP contribution in [0.3, 0.4) is 0 Å². The monoisotopic (exact) mass is 297 g/mol. The molecule has 0 atom stereocenters. The average Bonchev–Trinajstić information content (AvgIpc) is 2.38. The van der Waals surface area contributed by atoms with E-state index in [9.17, 15) is 4.79 Å². The second-order valence-electron chi connectivity index (χ2n) is 5.57. The number of hydrogen-bond acceptors (Lipinski definition) is 3. The Morgan fingerprint density at radius 2 is 2.20 bits per heavy atom. The molecule has 0 aliphatic carbocycles. The first-order valence-electron chi connectivity index (χ1n) is 6.97. The fourth-order valence-corrected chi connectivity index (χ4v) is 2.44. The minimum Gasteiger partial charge on any atom is -0.398 e. The van der Waals surface area contributed by atoms with E-state index in [-0.39, 0.29) is 18.3 Å². The number of fused-ring (bicyclic) bond motifs is 1. The van der Waals surface area contributed by atoms with Crippen molar-refractivity contribution >= 4 is 29.7 Å². The van der Waals surface area contributed by atoms with E-state index in [0.717, 1.165) is 37.3 Å². The summed E-state index contributed by atoms with van der Waals surface area (Å²) in [5.41, 5.74) is 9.15. The molecule has 1 aromatic carbocycles. The van der Waals surface area contributed by atoms with E-state index >= 15 is 0 Å². The van der Waals surface area contributed by atoms with Gasteiger partial charge in [-0.3, -0.25) is 4.79 Å². The molecule has 0 unspecified atom stereocenters. The second kappa shape index (κ2) is 7.39. The summed E-state index contributed by atoms with van der Waals surface area (Å²) in [5.74, 6) is 0.567. The zero-order valence-electron chi connectivity index (χ0n) is 12.2. The average molecular weight is 298 g/mol. The van der Waals surface area contributed by atoms with Gasteiger partial charge in [0, 0.05) is 24.5 Å². The van der Waals surface area contributed by atoms with Gasteiger partial charge in [0.15, 0.2) is 0 Å². The number of carbonyl (C=O) groups is 1. The van der Waals surface area contributed by atoms with Crippen LogP contribution in [0.2, 0.25) is 0 Å². The fourth-order valence-electron chi connectivity index (χ4n) is 2.44. The molecule has 1 amide bonds. The molecule has 3 N–H and O–H groups in total. The van der Waals surface area contributed by atoms with Gasteiger partial charge in [-0.15, -0.1) is 12.4 Å². The molecule has 0 fully saturated rings. The van der Waals surface area contributed by atoms with Crippen molar-refractivity contribution in [3.63, 3.8) is 0 Å². The standard InChI is InChI=1S/C15H23N3O.ClH/c1-11(2)9-17-15(19)10-18-8-4-5-12-13(16)6-3-7-14(12)18;/h3,6-7,11H,4-5,8-10,16H2,1-2H3,(H,17,19);1H. The molecular formula is C15H24ClN3O. The van der Waals surface area contributed by atoms with Crippen molar-refractivity contribution in [2.24, 2.45) is 5.92 Å². The number of carbonyl (C=O) groups excluding carboxylic acids is 1. The first-order chi connectivity index (χ1) is 9.08. The van der Waals surface area contributed by atoms with E-state index < -0.39 is 0 Å².